The summed E-state index contributed by atoms with van der Waals surface area (Å²) in [5, 5.41) is 7.01. The number of anilines is 1. The van der Waals surface area contributed by atoms with Crippen molar-refractivity contribution in [1.82, 2.24) is 5.32 Å². The number of hydrogen-bond acceptors (Lipinski definition) is 3. The zero-order valence-corrected chi connectivity index (χ0v) is 10.6. The van der Waals surface area contributed by atoms with Gasteiger partial charge in [0.05, 0.1) is 13.2 Å². The van der Waals surface area contributed by atoms with Crippen LogP contribution in [-0.2, 0) is 4.74 Å². The largest absolute Gasteiger partial charge is 0.388 e. The molecule has 16 heavy (non-hydrogen) atoms. The quantitative estimate of drug-likeness (QED) is 0.793. The summed E-state index contributed by atoms with van der Waals surface area (Å²) in [5.41, 5.74) is 2.31. The third kappa shape index (κ3) is 4.84. The monoisotopic (exact) mass is 242 g/mol. The molecule has 0 aliphatic carbocycles. The maximum Gasteiger partial charge on any atom is 0.0591 e. The van der Waals surface area contributed by atoms with E-state index in [1.807, 2.05) is 32.2 Å². The van der Waals surface area contributed by atoms with Crippen LogP contribution in [0.2, 0.25) is 5.02 Å². The maximum absolute atomic E-state index is 5.75. The third-order valence-electron chi connectivity index (χ3n) is 2.30. The van der Waals surface area contributed by atoms with Crippen LogP contribution in [0.15, 0.2) is 18.2 Å². The Morgan fingerprint density at radius 3 is 2.38 bits per heavy atom. The molecule has 0 unspecified atom stereocenters. The number of halogens is 1. The Kier molecular flexibility index (Phi) is 6.23. The number of benzene rings is 1. The molecule has 1 fully saturated rings. The molecule has 1 saturated heterocycles. The van der Waals surface area contributed by atoms with Crippen LogP contribution in [0.1, 0.15) is 5.56 Å². The third-order valence-corrected chi connectivity index (χ3v) is 2.54. The summed E-state index contributed by atoms with van der Waals surface area (Å²) in [4.78, 5) is 0. The van der Waals surface area contributed by atoms with E-state index in [4.69, 9.17) is 16.3 Å². The molecule has 3 nitrogen and oxygen atoms in total. The van der Waals surface area contributed by atoms with Crippen molar-refractivity contribution in [3.8, 4) is 0 Å². The minimum Gasteiger partial charge on any atom is -0.388 e. The first kappa shape index (κ1) is 13.3. The summed E-state index contributed by atoms with van der Waals surface area (Å²) in [6.07, 6.45) is 0. The van der Waals surface area contributed by atoms with E-state index < -0.39 is 0 Å². The molecule has 2 N–H and O–H groups in total. The van der Waals surface area contributed by atoms with Crippen LogP contribution in [0.25, 0.3) is 0 Å². The molecule has 1 aromatic rings. The molecule has 90 valence electrons. The fourth-order valence-electron chi connectivity index (χ4n) is 1.42. The molecule has 1 aliphatic heterocycles. The minimum absolute atomic E-state index is 0.788. The predicted molar refractivity (Wildman–Crippen MR) is 69.4 cm³/mol. The SMILES string of the molecule is C1COCCN1.CNc1ccc(Cl)cc1C. The lowest BCUT2D eigenvalue weighted by atomic mass is 10.2. The number of rotatable bonds is 1. The Hall–Kier alpha value is -0.770. The van der Waals surface area contributed by atoms with Gasteiger partial charge in [0.2, 0.25) is 0 Å². The first-order chi connectivity index (χ1) is 7.74. The minimum atomic E-state index is 0.788. The van der Waals surface area contributed by atoms with Crippen LogP contribution >= 0.6 is 11.6 Å². The second-order valence-electron chi connectivity index (χ2n) is 3.57. The molecule has 1 aliphatic rings. The van der Waals surface area contributed by atoms with Gasteiger partial charge in [-0.2, -0.15) is 0 Å². The first-order valence-electron chi connectivity index (χ1n) is 5.46. The van der Waals surface area contributed by atoms with Crippen LogP contribution < -0.4 is 10.6 Å². The summed E-state index contributed by atoms with van der Waals surface area (Å²) in [7, 11) is 1.90. The van der Waals surface area contributed by atoms with Gasteiger partial charge in [0, 0.05) is 30.8 Å². The van der Waals surface area contributed by atoms with E-state index in [1.165, 1.54) is 5.56 Å². The van der Waals surface area contributed by atoms with Crippen LogP contribution in [-0.4, -0.2) is 33.4 Å². The lowest BCUT2D eigenvalue weighted by Crippen LogP contribution is -2.30. The molecule has 2 rings (SSSR count). The molecule has 0 saturated carbocycles. The summed E-state index contributed by atoms with van der Waals surface area (Å²) >= 11 is 5.75. The second-order valence-corrected chi connectivity index (χ2v) is 4.01. The van der Waals surface area contributed by atoms with E-state index in [1.54, 1.807) is 0 Å². The molecular weight excluding hydrogens is 224 g/mol. The van der Waals surface area contributed by atoms with Crippen molar-refractivity contribution in [2.45, 2.75) is 6.92 Å². The molecule has 0 bridgehead atoms. The van der Waals surface area contributed by atoms with Gasteiger partial charge in [-0.15, -0.1) is 0 Å². The van der Waals surface area contributed by atoms with Gasteiger partial charge in [-0.05, 0) is 30.7 Å². The maximum atomic E-state index is 5.75. The van der Waals surface area contributed by atoms with Crippen molar-refractivity contribution >= 4 is 17.3 Å². The Morgan fingerprint density at radius 2 is 2.00 bits per heavy atom. The van der Waals surface area contributed by atoms with E-state index in [-0.39, 0.29) is 0 Å². The molecule has 0 radical (unpaired) electrons. The van der Waals surface area contributed by atoms with E-state index in [0.29, 0.717) is 0 Å². The van der Waals surface area contributed by atoms with Crippen molar-refractivity contribution in [3.05, 3.63) is 28.8 Å². The zero-order valence-electron chi connectivity index (χ0n) is 9.85. The average molecular weight is 243 g/mol. The smallest absolute Gasteiger partial charge is 0.0591 e. The van der Waals surface area contributed by atoms with Crippen LogP contribution in [0.4, 0.5) is 5.69 Å². The lowest BCUT2D eigenvalue weighted by molar-refractivity contribution is 0.109. The molecule has 1 heterocycles. The van der Waals surface area contributed by atoms with Gasteiger partial charge in [0.25, 0.3) is 0 Å². The summed E-state index contributed by atoms with van der Waals surface area (Å²) in [6, 6.07) is 5.78. The number of nitrogens with one attached hydrogen (secondary N) is 2. The highest BCUT2D eigenvalue weighted by molar-refractivity contribution is 6.30. The van der Waals surface area contributed by atoms with Crippen molar-refractivity contribution in [1.29, 1.82) is 0 Å². The number of ether oxygens (including phenoxy) is 1. The summed E-state index contributed by atoms with van der Waals surface area (Å²) in [5.74, 6) is 0. The zero-order chi connectivity index (χ0) is 11.8. The molecular formula is C12H19ClN2O. The van der Waals surface area contributed by atoms with Gasteiger partial charge >= 0.3 is 0 Å². The fourth-order valence-corrected chi connectivity index (χ4v) is 1.65. The highest BCUT2D eigenvalue weighted by Crippen LogP contribution is 2.18. The van der Waals surface area contributed by atoms with Gasteiger partial charge < -0.3 is 15.4 Å². The van der Waals surface area contributed by atoms with Gasteiger partial charge in [0.1, 0.15) is 0 Å². The summed E-state index contributed by atoms with van der Waals surface area (Å²) < 4.78 is 5.01. The summed E-state index contributed by atoms with van der Waals surface area (Å²) in [6.45, 7) is 5.86. The van der Waals surface area contributed by atoms with Gasteiger partial charge in [0.15, 0.2) is 0 Å². The van der Waals surface area contributed by atoms with Crippen LogP contribution in [0.3, 0.4) is 0 Å². The number of morpholine rings is 1. The van der Waals surface area contributed by atoms with E-state index in [0.717, 1.165) is 37.0 Å². The Balaban J connectivity index is 0.000000181. The van der Waals surface area contributed by atoms with E-state index in [2.05, 4.69) is 10.6 Å². The number of hydrogen-bond donors (Lipinski definition) is 2. The van der Waals surface area contributed by atoms with Crippen molar-refractivity contribution < 1.29 is 4.74 Å². The molecule has 0 spiro atoms. The van der Waals surface area contributed by atoms with E-state index >= 15 is 0 Å². The Morgan fingerprint density at radius 1 is 1.31 bits per heavy atom. The highest BCUT2D eigenvalue weighted by Gasteiger charge is 1.94. The molecule has 0 atom stereocenters. The Bertz CT molecular complexity index is 302. The van der Waals surface area contributed by atoms with Crippen molar-refractivity contribution in [2.75, 3.05) is 38.7 Å². The standard InChI is InChI=1S/C8H10ClN.C4H9NO/c1-6-5-7(9)3-4-8(6)10-2;1-3-6-4-2-5-1/h3-5,10H,1-2H3;5H,1-4H2. The highest BCUT2D eigenvalue weighted by atomic mass is 35.5. The fraction of sp³-hybridized carbons (Fsp3) is 0.500. The van der Waals surface area contributed by atoms with Crippen LogP contribution in [0.5, 0.6) is 0 Å². The molecule has 4 heteroatoms. The second kappa shape index (κ2) is 7.49. The molecule has 1 aromatic carbocycles. The van der Waals surface area contributed by atoms with Gasteiger partial charge in [-0.25, -0.2) is 0 Å². The molecule has 0 aromatic heterocycles. The predicted octanol–water partition coefficient (Wildman–Crippen LogP) is 2.30. The van der Waals surface area contributed by atoms with Crippen LogP contribution in [0, 0.1) is 6.92 Å². The van der Waals surface area contributed by atoms with Gasteiger partial charge in [-0.1, -0.05) is 11.6 Å². The average Bonchev–Trinajstić information content (AvgIpc) is 2.32. The van der Waals surface area contributed by atoms with E-state index in [9.17, 15) is 0 Å². The van der Waals surface area contributed by atoms with Gasteiger partial charge in [-0.3, -0.25) is 0 Å². The Labute approximate surface area is 102 Å². The normalized spacial score (nSPS) is 14.9. The lowest BCUT2D eigenvalue weighted by Gasteiger charge is -2.10. The molecule has 0 amide bonds. The van der Waals surface area contributed by atoms with Crippen molar-refractivity contribution in [2.24, 2.45) is 0 Å². The topological polar surface area (TPSA) is 33.3 Å². The number of aryl methyl sites for hydroxylation is 1. The first-order valence-corrected chi connectivity index (χ1v) is 5.84. The van der Waals surface area contributed by atoms with Crippen molar-refractivity contribution in [3.63, 3.8) is 0 Å².